The lowest BCUT2D eigenvalue weighted by Crippen LogP contribution is -2.53. The van der Waals surface area contributed by atoms with Gasteiger partial charge in [0.1, 0.15) is 23.7 Å². The van der Waals surface area contributed by atoms with Gasteiger partial charge in [-0.1, -0.05) is 36.4 Å². The fourth-order valence-corrected chi connectivity index (χ4v) is 3.04. The SMILES string of the molecule is C=CCN1C(=O)/C(=C/c2ccc(OCc3ccccc3)cc2OC)C(=O)NC1=S. The number of nitrogens with zero attached hydrogens (tertiary/aromatic N) is 1. The van der Waals surface area contributed by atoms with Gasteiger partial charge in [-0.2, -0.15) is 0 Å². The second kappa shape index (κ2) is 9.16. The van der Waals surface area contributed by atoms with E-state index >= 15 is 0 Å². The van der Waals surface area contributed by atoms with Crippen molar-refractivity contribution in [1.29, 1.82) is 0 Å². The van der Waals surface area contributed by atoms with E-state index in [1.165, 1.54) is 18.1 Å². The molecule has 0 unspecified atom stereocenters. The number of carbonyl (C=O) groups excluding carboxylic acids is 2. The van der Waals surface area contributed by atoms with Crippen molar-refractivity contribution in [2.45, 2.75) is 6.61 Å². The fraction of sp³-hybridized carbons (Fsp3) is 0.136. The molecule has 148 valence electrons. The smallest absolute Gasteiger partial charge is 0.265 e. The van der Waals surface area contributed by atoms with Crippen LogP contribution in [-0.2, 0) is 16.2 Å². The number of nitrogens with one attached hydrogen (secondary N) is 1. The lowest BCUT2D eigenvalue weighted by Gasteiger charge is -2.27. The maximum Gasteiger partial charge on any atom is 0.265 e. The Balaban J connectivity index is 1.84. The summed E-state index contributed by atoms with van der Waals surface area (Å²) in [5, 5.41) is 2.58. The van der Waals surface area contributed by atoms with E-state index in [9.17, 15) is 9.59 Å². The van der Waals surface area contributed by atoms with E-state index in [0.717, 1.165) is 5.56 Å². The average Bonchev–Trinajstić information content (AvgIpc) is 2.73. The number of methoxy groups -OCH3 is 1. The first-order valence-corrected chi connectivity index (χ1v) is 9.29. The molecule has 1 saturated heterocycles. The Bertz CT molecular complexity index is 986. The molecule has 1 aliphatic rings. The van der Waals surface area contributed by atoms with Gasteiger partial charge >= 0.3 is 0 Å². The van der Waals surface area contributed by atoms with Crippen LogP contribution in [0.1, 0.15) is 11.1 Å². The Morgan fingerprint density at radius 2 is 1.93 bits per heavy atom. The molecule has 1 heterocycles. The second-order valence-corrected chi connectivity index (χ2v) is 6.59. The number of hydrogen-bond donors (Lipinski definition) is 1. The maximum absolute atomic E-state index is 12.7. The number of amides is 2. The summed E-state index contributed by atoms with van der Waals surface area (Å²) in [7, 11) is 1.51. The monoisotopic (exact) mass is 408 g/mol. The van der Waals surface area contributed by atoms with Gasteiger partial charge in [-0.25, -0.2) is 0 Å². The molecule has 2 aromatic carbocycles. The minimum absolute atomic E-state index is 0.0308. The van der Waals surface area contributed by atoms with Gasteiger partial charge in [0.2, 0.25) is 0 Å². The van der Waals surface area contributed by atoms with Crippen molar-refractivity contribution < 1.29 is 19.1 Å². The molecule has 2 aromatic rings. The Kier molecular flexibility index (Phi) is 6.41. The van der Waals surface area contributed by atoms with Crippen molar-refractivity contribution in [2.24, 2.45) is 0 Å². The minimum atomic E-state index is -0.549. The molecule has 0 atom stereocenters. The van der Waals surface area contributed by atoms with Crippen LogP contribution in [0.15, 0.2) is 66.8 Å². The van der Waals surface area contributed by atoms with Crippen molar-refractivity contribution >= 4 is 35.2 Å². The highest BCUT2D eigenvalue weighted by Gasteiger charge is 2.32. The van der Waals surface area contributed by atoms with Crippen LogP contribution in [-0.4, -0.2) is 35.5 Å². The molecule has 0 radical (unpaired) electrons. The van der Waals surface area contributed by atoms with Crippen molar-refractivity contribution in [3.05, 3.63) is 77.9 Å². The molecule has 0 spiro atoms. The van der Waals surface area contributed by atoms with Crippen LogP contribution in [0.5, 0.6) is 11.5 Å². The summed E-state index contributed by atoms with van der Waals surface area (Å²) in [6.45, 7) is 4.23. The fourth-order valence-electron chi connectivity index (χ4n) is 2.79. The van der Waals surface area contributed by atoms with E-state index in [4.69, 9.17) is 21.7 Å². The molecule has 6 nitrogen and oxygen atoms in total. The number of ether oxygens (including phenoxy) is 2. The second-order valence-electron chi connectivity index (χ2n) is 6.20. The number of rotatable bonds is 7. The Morgan fingerprint density at radius 3 is 2.62 bits per heavy atom. The van der Waals surface area contributed by atoms with Gasteiger partial charge in [-0.3, -0.25) is 19.8 Å². The van der Waals surface area contributed by atoms with Crippen LogP contribution in [0, 0.1) is 0 Å². The molecular weight excluding hydrogens is 388 g/mol. The van der Waals surface area contributed by atoms with Crippen molar-refractivity contribution in [2.75, 3.05) is 13.7 Å². The van der Waals surface area contributed by atoms with Gasteiger partial charge in [0.25, 0.3) is 11.8 Å². The lowest BCUT2D eigenvalue weighted by molar-refractivity contribution is -0.128. The summed E-state index contributed by atoms with van der Waals surface area (Å²) in [5.41, 5.74) is 1.58. The highest BCUT2D eigenvalue weighted by atomic mass is 32.1. The highest BCUT2D eigenvalue weighted by Crippen LogP contribution is 2.28. The zero-order valence-electron chi connectivity index (χ0n) is 15.9. The van der Waals surface area contributed by atoms with Gasteiger partial charge in [0.05, 0.1) is 7.11 Å². The van der Waals surface area contributed by atoms with Crippen molar-refractivity contribution in [3.63, 3.8) is 0 Å². The molecule has 1 aliphatic heterocycles. The first-order valence-electron chi connectivity index (χ1n) is 8.88. The summed E-state index contributed by atoms with van der Waals surface area (Å²) in [4.78, 5) is 26.2. The van der Waals surface area contributed by atoms with Crippen molar-refractivity contribution in [3.8, 4) is 11.5 Å². The largest absolute Gasteiger partial charge is 0.496 e. The predicted octanol–water partition coefficient (Wildman–Crippen LogP) is 3.09. The molecule has 0 saturated carbocycles. The van der Waals surface area contributed by atoms with Crippen LogP contribution in [0.3, 0.4) is 0 Å². The first-order chi connectivity index (χ1) is 14.0. The number of carbonyl (C=O) groups is 2. The third-order valence-corrected chi connectivity index (χ3v) is 4.57. The van der Waals surface area contributed by atoms with Gasteiger partial charge < -0.3 is 9.47 Å². The summed E-state index contributed by atoms with van der Waals surface area (Å²) in [5.74, 6) is 0.0608. The predicted molar refractivity (Wildman–Crippen MR) is 114 cm³/mol. The molecular formula is C22H20N2O4S. The van der Waals surface area contributed by atoms with E-state index in [2.05, 4.69) is 11.9 Å². The summed E-state index contributed by atoms with van der Waals surface area (Å²) >= 11 is 5.06. The topological polar surface area (TPSA) is 67.9 Å². The third-order valence-electron chi connectivity index (χ3n) is 4.25. The molecule has 1 fully saturated rings. The van der Waals surface area contributed by atoms with Gasteiger partial charge in [-0.05, 0) is 36.0 Å². The Hall–Kier alpha value is -3.45. The summed E-state index contributed by atoms with van der Waals surface area (Å²) in [6.07, 6.45) is 3.02. The van der Waals surface area contributed by atoms with Gasteiger partial charge in [0.15, 0.2) is 5.11 Å². The van der Waals surface area contributed by atoms with Crippen LogP contribution in [0.4, 0.5) is 0 Å². The van der Waals surface area contributed by atoms with E-state index in [1.807, 2.05) is 30.3 Å². The van der Waals surface area contributed by atoms with Crippen molar-refractivity contribution in [1.82, 2.24) is 10.2 Å². The van der Waals surface area contributed by atoms with E-state index in [1.54, 1.807) is 24.3 Å². The van der Waals surface area contributed by atoms with E-state index < -0.39 is 11.8 Å². The first kappa shape index (κ1) is 20.3. The lowest BCUT2D eigenvalue weighted by atomic mass is 10.1. The van der Waals surface area contributed by atoms with E-state index in [-0.39, 0.29) is 17.2 Å². The number of benzene rings is 2. The highest BCUT2D eigenvalue weighted by molar-refractivity contribution is 7.80. The van der Waals surface area contributed by atoms with Gasteiger partial charge in [-0.15, -0.1) is 6.58 Å². The third kappa shape index (κ3) is 4.70. The molecule has 7 heteroatoms. The Morgan fingerprint density at radius 1 is 1.17 bits per heavy atom. The summed E-state index contributed by atoms with van der Waals surface area (Å²) < 4.78 is 11.2. The number of thiocarbonyl (C=S) groups is 1. The average molecular weight is 408 g/mol. The summed E-state index contributed by atoms with van der Waals surface area (Å²) in [6, 6.07) is 15.0. The molecule has 29 heavy (non-hydrogen) atoms. The zero-order valence-corrected chi connectivity index (χ0v) is 16.7. The molecule has 0 bridgehead atoms. The van der Waals surface area contributed by atoms with Crippen LogP contribution in [0.2, 0.25) is 0 Å². The molecule has 1 N–H and O–H groups in total. The molecule has 3 rings (SSSR count). The Labute approximate surface area is 174 Å². The van der Waals surface area contributed by atoms with Gasteiger partial charge in [0, 0.05) is 18.2 Å². The van der Waals surface area contributed by atoms with Crippen LogP contribution < -0.4 is 14.8 Å². The molecule has 2 amide bonds. The quantitative estimate of drug-likeness (QED) is 0.330. The van der Waals surface area contributed by atoms with E-state index in [0.29, 0.717) is 23.7 Å². The standard InChI is InChI=1S/C22H20N2O4S/c1-3-11-24-21(26)18(20(25)23-22(24)29)12-16-9-10-17(13-19(16)27-2)28-14-15-7-5-4-6-8-15/h3-10,12-13H,1,11,14H2,2H3,(H,23,25,29)/b18-12+. The minimum Gasteiger partial charge on any atom is -0.496 e. The molecule has 0 aromatic heterocycles. The zero-order chi connectivity index (χ0) is 20.8. The normalized spacial score (nSPS) is 15.3. The maximum atomic E-state index is 12.7. The van der Waals surface area contributed by atoms with Crippen LogP contribution >= 0.6 is 12.2 Å². The molecule has 0 aliphatic carbocycles. The number of hydrogen-bond acceptors (Lipinski definition) is 5. The van der Waals surface area contributed by atoms with Crippen LogP contribution in [0.25, 0.3) is 6.08 Å².